The van der Waals surface area contributed by atoms with E-state index >= 15 is 0 Å². The second kappa shape index (κ2) is 4.80. The highest BCUT2D eigenvalue weighted by Crippen LogP contribution is 2.34. The normalized spacial score (nSPS) is 22.9. The monoisotopic (exact) mass is 360 g/mol. The fourth-order valence-electron chi connectivity index (χ4n) is 2.49. The standard InChI is InChI=1S/C12H13BrN2O4S/c13-9-5-10-7(4-12(17)14-10)3-11(9)20(18,19)15-2-1-8(16)6-15/h3,5,8,16H,1-2,4,6H2,(H,14,17)/t8-/m0/s1. The van der Waals surface area contributed by atoms with Gasteiger partial charge in [-0.05, 0) is 40.0 Å². The first-order valence-electron chi connectivity index (χ1n) is 6.18. The van der Waals surface area contributed by atoms with Gasteiger partial charge in [0, 0.05) is 23.2 Å². The zero-order chi connectivity index (χ0) is 14.5. The Labute approximate surface area is 125 Å². The molecule has 0 bridgehead atoms. The molecule has 0 aromatic heterocycles. The Morgan fingerprint density at radius 1 is 1.40 bits per heavy atom. The Hall–Kier alpha value is -0.960. The summed E-state index contributed by atoms with van der Waals surface area (Å²) >= 11 is 3.25. The number of aliphatic hydroxyl groups is 1. The number of benzene rings is 1. The van der Waals surface area contributed by atoms with Crippen LogP contribution in [0.15, 0.2) is 21.5 Å². The minimum Gasteiger partial charge on any atom is -0.392 e. The Morgan fingerprint density at radius 3 is 2.80 bits per heavy atom. The number of carbonyl (C=O) groups excluding carboxylic acids is 1. The molecule has 20 heavy (non-hydrogen) atoms. The molecule has 1 aromatic rings. The zero-order valence-electron chi connectivity index (χ0n) is 10.5. The number of nitrogens with zero attached hydrogens (tertiary/aromatic N) is 1. The number of sulfonamides is 1. The molecule has 1 saturated heterocycles. The molecule has 0 saturated carbocycles. The Bertz CT molecular complexity index is 689. The van der Waals surface area contributed by atoms with Crippen molar-refractivity contribution >= 4 is 37.5 Å². The van der Waals surface area contributed by atoms with E-state index in [1.165, 1.54) is 10.4 Å². The van der Waals surface area contributed by atoms with Crippen molar-refractivity contribution in [2.24, 2.45) is 0 Å². The second-order valence-corrected chi connectivity index (χ2v) is 7.73. The molecule has 108 valence electrons. The van der Waals surface area contributed by atoms with Crippen molar-refractivity contribution in [2.45, 2.75) is 23.8 Å². The van der Waals surface area contributed by atoms with E-state index in [0.29, 0.717) is 28.7 Å². The van der Waals surface area contributed by atoms with E-state index in [1.807, 2.05) is 0 Å². The number of hydrogen-bond acceptors (Lipinski definition) is 4. The number of halogens is 1. The molecule has 2 aliphatic heterocycles. The molecule has 0 spiro atoms. The van der Waals surface area contributed by atoms with Crippen molar-refractivity contribution in [1.82, 2.24) is 4.31 Å². The lowest BCUT2D eigenvalue weighted by molar-refractivity contribution is -0.115. The van der Waals surface area contributed by atoms with Crippen molar-refractivity contribution in [3.8, 4) is 0 Å². The first-order chi connectivity index (χ1) is 9.38. The van der Waals surface area contributed by atoms with Gasteiger partial charge >= 0.3 is 0 Å². The van der Waals surface area contributed by atoms with Gasteiger partial charge in [-0.1, -0.05) is 0 Å². The average molecular weight is 361 g/mol. The lowest BCUT2D eigenvalue weighted by atomic mass is 10.2. The third kappa shape index (κ3) is 2.26. The van der Waals surface area contributed by atoms with Crippen molar-refractivity contribution in [3.63, 3.8) is 0 Å². The number of carbonyl (C=O) groups is 1. The summed E-state index contributed by atoms with van der Waals surface area (Å²) in [6.07, 6.45) is 0.0245. The fraction of sp³-hybridized carbons (Fsp3) is 0.417. The van der Waals surface area contributed by atoms with Crippen LogP contribution in [-0.2, 0) is 21.2 Å². The van der Waals surface area contributed by atoms with Gasteiger partial charge in [0.25, 0.3) is 0 Å². The summed E-state index contributed by atoms with van der Waals surface area (Å²) in [5, 5.41) is 12.2. The molecule has 0 aliphatic carbocycles. The molecule has 0 radical (unpaired) electrons. The molecule has 1 aromatic carbocycles. The minimum absolute atomic E-state index is 0.114. The van der Waals surface area contributed by atoms with Gasteiger partial charge in [0.1, 0.15) is 0 Å². The predicted molar refractivity (Wildman–Crippen MR) is 75.9 cm³/mol. The van der Waals surface area contributed by atoms with Crippen LogP contribution in [0.1, 0.15) is 12.0 Å². The Balaban J connectivity index is 2.02. The number of fused-ring (bicyclic) bond motifs is 1. The number of β-amino-alcohol motifs (C(OH)–C–C–N with tert-alkyl or cyclic N) is 1. The van der Waals surface area contributed by atoms with Crippen molar-refractivity contribution in [3.05, 3.63) is 22.2 Å². The number of hydrogen-bond donors (Lipinski definition) is 2. The van der Waals surface area contributed by atoms with E-state index in [9.17, 15) is 18.3 Å². The van der Waals surface area contributed by atoms with Gasteiger partial charge in [0.15, 0.2) is 0 Å². The van der Waals surface area contributed by atoms with Gasteiger partial charge in [-0.25, -0.2) is 8.42 Å². The topological polar surface area (TPSA) is 86.7 Å². The minimum atomic E-state index is -3.65. The largest absolute Gasteiger partial charge is 0.392 e. The predicted octanol–water partition coefficient (Wildman–Crippen LogP) is 0.699. The molecular formula is C12H13BrN2O4S. The molecule has 2 N–H and O–H groups in total. The SMILES string of the molecule is O=C1Cc2cc(S(=O)(=O)N3CC[C@H](O)C3)c(Br)cc2N1. The third-order valence-corrected chi connectivity index (χ3v) is 6.35. The van der Waals surface area contributed by atoms with Crippen LogP contribution in [0, 0.1) is 0 Å². The van der Waals surface area contributed by atoms with E-state index in [1.54, 1.807) is 6.07 Å². The van der Waals surface area contributed by atoms with Gasteiger partial charge in [-0.3, -0.25) is 4.79 Å². The number of nitrogens with one attached hydrogen (secondary N) is 1. The van der Waals surface area contributed by atoms with Crippen LogP contribution < -0.4 is 5.32 Å². The van der Waals surface area contributed by atoms with Gasteiger partial charge in [-0.2, -0.15) is 4.31 Å². The summed E-state index contributed by atoms with van der Waals surface area (Å²) in [5.41, 5.74) is 1.32. The lowest BCUT2D eigenvalue weighted by Gasteiger charge is -2.17. The van der Waals surface area contributed by atoms with E-state index in [2.05, 4.69) is 21.2 Å². The van der Waals surface area contributed by atoms with Gasteiger partial charge < -0.3 is 10.4 Å². The van der Waals surface area contributed by atoms with Crippen molar-refractivity contribution < 1.29 is 18.3 Å². The lowest BCUT2D eigenvalue weighted by Crippen LogP contribution is -2.30. The van der Waals surface area contributed by atoms with Gasteiger partial charge in [-0.15, -0.1) is 0 Å². The maximum atomic E-state index is 12.6. The third-order valence-electron chi connectivity index (χ3n) is 3.53. The smallest absolute Gasteiger partial charge is 0.244 e. The first-order valence-corrected chi connectivity index (χ1v) is 8.42. The van der Waals surface area contributed by atoms with E-state index in [-0.39, 0.29) is 23.8 Å². The molecule has 3 rings (SSSR count). The average Bonchev–Trinajstić information content (AvgIpc) is 2.93. The van der Waals surface area contributed by atoms with E-state index < -0.39 is 16.1 Å². The molecule has 0 unspecified atom stereocenters. The highest BCUT2D eigenvalue weighted by Gasteiger charge is 2.34. The Kier molecular flexibility index (Phi) is 3.36. The Morgan fingerprint density at radius 2 is 2.15 bits per heavy atom. The summed E-state index contributed by atoms with van der Waals surface area (Å²) in [6.45, 7) is 0.424. The highest BCUT2D eigenvalue weighted by molar-refractivity contribution is 9.10. The quantitative estimate of drug-likeness (QED) is 0.812. The molecule has 1 atom stereocenters. The van der Waals surface area contributed by atoms with Gasteiger partial charge in [0.05, 0.1) is 17.4 Å². The van der Waals surface area contributed by atoms with Crippen LogP contribution in [0.5, 0.6) is 0 Å². The molecule has 2 heterocycles. The van der Waals surface area contributed by atoms with Crippen molar-refractivity contribution in [2.75, 3.05) is 18.4 Å². The van der Waals surface area contributed by atoms with E-state index in [0.717, 1.165) is 0 Å². The summed E-state index contributed by atoms with van der Waals surface area (Å²) in [7, 11) is -3.65. The summed E-state index contributed by atoms with van der Waals surface area (Å²) in [5.74, 6) is -0.141. The first kappa shape index (κ1) is 14.0. The van der Waals surface area contributed by atoms with Crippen LogP contribution in [-0.4, -0.2) is 42.9 Å². The molecular weight excluding hydrogens is 348 g/mol. The summed E-state index contributed by atoms with van der Waals surface area (Å²) in [6, 6.07) is 3.14. The van der Waals surface area contributed by atoms with Crippen LogP contribution in [0.4, 0.5) is 5.69 Å². The fourth-order valence-corrected chi connectivity index (χ4v) is 5.04. The number of anilines is 1. The highest BCUT2D eigenvalue weighted by atomic mass is 79.9. The van der Waals surface area contributed by atoms with E-state index in [4.69, 9.17) is 0 Å². The second-order valence-electron chi connectivity index (χ2n) is 4.97. The molecule has 8 heteroatoms. The van der Waals surface area contributed by atoms with Crippen LogP contribution >= 0.6 is 15.9 Å². The molecule has 2 aliphatic rings. The zero-order valence-corrected chi connectivity index (χ0v) is 12.9. The van der Waals surface area contributed by atoms with Gasteiger partial charge in [0.2, 0.25) is 15.9 Å². The number of amides is 1. The molecule has 6 nitrogen and oxygen atoms in total. The van der Waals surface area contributed by atoms with Crippen LogP contribution in [0.2, 0.25) is 0 Å². The molecule has 1 fully saturated rings. The maximum absolute atomic E-state index is 12.6. The summed E-state index contributed by atoms with van der Waals surface area (Å²) in [4.78, 5) is 11.5. The maximum Gasteiger partial charge on any atom is 0.244 e. The van der Waals surface area contributed by atoms with Crippen LogP contribution in [0.25, 0.3) is 0 Å². The molecule has 1 amide bonds. The number of rotatable bonds is 2. The van der Waals surface area contributed by atoms with Crippen LogP contribution in [0.3, 0.4) is 0 Å². The van der Waals surface area contributed by atoms with Crippen molar-refractivity contribution in [1.29, 1.82) is 0 Å². The number of aliphatic hydroxyl groups excluding tert-OH is 1. The summed E-state index contributed by atoms with van der Waals surface area (Å²) < 4.78 is 26.8.